The van der Waals surface area contributed by atoms with Gasteiger partial charge in [-0.1, -0.05) is 30.7 Å². The van der Waals surface area contributed by atoms with E-state index in [1.54, 1.807) is 0 Å². The Bertz CT molecular complexity index is 531. The maximum Gasteiger partial charge on any atom is 0.0625 e. The smallest absolute Gasteiger partial charge is 0.0625 e. The first-order valence-corrected chi connectivity index (χ1v) is 6.98. The molecule has 102 valence electrons. The molecular weight excluding hydrogens is 258 g/mol. The fraction of sp³-hybridized carbons (Fsp3) is 0.400. The normalized spacial score (nSPS) is 12.6. The van der Waals surface area contributed by atoms with Gasteiger partial charge in [0.2, 0.25) is 0 Å². The highest BCUT2D eigenvalue weighted by Gasteiger charge is 2.07. The molecule has 0 aliphatic rings. The van der Waals surface area contributed by atoms with E-state index in [9.17, 15) is 0 Å². The van der Waals surface area contributed by atoms with Crippen LogP contribution in [-0.4, -0.2) is 9.78 Å². The summed E-state index contributed by atoms with van der Waals surface area (Å²) in [5.41, 5.74) is 3.58. The van der Waals surface area contributed by atoms with Crippen molar-refractivity contribution >= 4 is 11.6 Å². The van der Waals surface area contributed by atoms with Crippen LogP contribution in [0.25, 0.3) is 0 Å². The van der Waals surface area contributed by atoms with E-state index >= 15 is 0 Å². The number of hydrogen-bond acceptors (Lipinski definition) is 2. The van der Waals surface area contributed by atoms with Crippen LogP contribution in [0.15, 0.2) is 30.3 Å². The Kier molecular flexibility index (Phi) is 4.61. The molecule has 1 heterocycles. The van der Waals surface area contributed by atoms with Crippen molar-refractivity contribution in [1.82, 2.24) is 15.1 Å². The Labute approximate surface area is 119 Å². The Hall–Kier alpha value is -1.32. The van der Waals surface area contributed by atoms with Gasteiger partial charge in [-0.15, -0.1) is 0 Å². The number of aromatic nitrogens is 2. The lowest BCUT2D eigenvalue weighted by molar-refractivity contribution is 0.548. The molecule has 3 nitrogen and oxygen atoms in total. The van der Waals surface area contributed by atoms with Crippen molar-refractivity contribution in [3.63, 3.8) is 0 Å². The summed E-state index contributed by atoms with van der Waals surface area (Å²) in [5.74, 6) is 0. The molecule has 0 radical (unpaired) electrons. The molecule has 19 heavy (non-hydrogen) atoms. The highest BCUT2D eigenvalue weighted by atomic mass is 35.5. The van der Waals surface area contributed by atoms with Crippen molar-refractivity contribution in [2.75, 3.05) is 0 Å². The molecule has 1 aromatic carbocycles. The van der Waals surface area contributed by atoms with E-state index < -0.39 is 0 Å². The van der Waals surface area contributed by atoms with Crippen LogP contribution in [0.2, 0.25) is 5.02 Å². The summed E-state index contributed by atoms with van der Waals surface area (Å²) in [5, 5.41) is 8.73. The van der Waals surface area contributed by atoms with E-state index in [2.05, 4.69) is 42.5 Å². The molecule has 0 unspecified atom stereocenters. The van der Waals surface area contributed by atoms with E-state index in [1.807, 2.05) is 23.9 Å². The summed E-state index contributed by atoms with van der Waals surface area (Å²) in [6.07, 6.45) is 0.973. The standard InChI is InChI=1S/C15H20ClN3/c1-4-14-9-15(19(3)18-14)10-17-11(2)12-5-7-13(16)8-6-12/h5-9,11,17H,4,10H2,1-3H3/t11-/m0/s1. The summed E-state index contributed by atoms with van der Waals surface area (Å²) in [6.45, 7) is 5.09. The monoisotopic (exact) mass is 277 g/mol. The van der Waals surface area contributed by atoms with E-state index in [4.69, 9.17) is 11.6 Å². The molecule has 4 heteroatoms. The number of nitrogens with one attached hydrogen (secondary N) is 1. The number of rotatable bonds is 5. The number of aryl methyl sites for hydroxylation is 2. The number of nitrogens with zero attached hydrogens (tertiary/aromatic N) is 2. The second-order valence-corrected chi connectivity index (χ2v) is 5.19. The third kappa shape index (κ3) is 3.58. The fourth-order valence-corrected chi connectivity index (χ4v) is 2.16. The van der Waals surface area contributed by atoms with E-state index in [0.717, 1.165) is 23.7 Å². The Balaban J connectivity index is 1.97. The largest absolute Gasteiger partial charge is 0.305 e. The number of benzene rings is 1. The van der Waals surface area contributed by atoms with Gasteiger partial charge >= 0.3 is 0 Å². The van der Waals surface area contributed by atoms with Gasteiger partial charge in [-0.3, -0.25) is 4.68 Å². The summed E-state index contributed by atoms with van der Waals surface area (Å²) in [4.78, 5) is 0. The highest BCUT2D eigenvalue weighted by molar-refractivity contribution is 6.30. The van der Waals surface area contributed by atoms with Crippen LogP contribution >= 0.6 is 11.6 Å². The number of halogens is 1. The maximum atomic E-state index is 5.90. The van der Waals surface area contributed by atoms with Gasteiger partial charge in [0.1, 0.15) is 0 Å². The van der Waals surface area contributed by atoms with E-state index in [-0.39, 0.29) is 6.04 Å². The minimum atomic E-state index is 0.289. The van der Waals surface area contributed by atoms with Gasteiger partial charge in [0.15, 0.2) is 0 Å². The third-order valence-electron chi connectivity index (χ3n) is 3.35. The third-order valence-corrected chi connectivity index (χ3v) is 3.60. The van der Waals surface area contributed by atoms with Crippen LogP contribution in [-0.2, 0) is 20.0 Å². The molecule has 0 bridgehead atoms. The topological polar surface area (TPSA) is 29.9 Å². The summed E-state index contributed by atoms with van der Waals surface area (Å²) < 4.78 is 1.94. The zero-order valence-electron chi connectivity index (χ0n) is 11.7. The molecular formula is C15H20ClN3. The van der Waals surface area contributed by atoms with Crippen LogP contribution in [0.1, 0.15) is 36.8 Å². The van der Waals surface area contributed by atoms with Crippen LogP contribution in [0.3, 0.4) is 0 Å². The number of hydrogen-bond donors (Lipinski definition) is 1. The molecule has 0 spiro atoms. The van der Waals surface area contributed by atoms with Gasteiger partial charge in [-0.2, -0.15) is 5.10 Å². The Morgan fingerprint density at radius 2 is 2.00 bits per heavy atom. The van der Waals surface area contributed by atoms with Crippen molar-refractivity contribution in [2.45, 2.75) is 32.9 Å². The summed E-state index contributed by atoms with van der Waals surface area (Å²) in [7, 11) is 1.99. The predicted molar refractivity (Wildman–Crippen MR) is 79.3 cm³/mol. The predicted octanol–water partition coefficient (Wildman–Crippen LogP) is 3.49. The van der Waals surface area contributed by atoms with Crippen LogP contribution < -0.4 is 5.32 Å². The summed E-state index contributed by atoms with van der Waals surface area (Å²) in [6, 6.07) is 10.4. The lowest BCUT2D eigenvalue weighted by Gasteiger charge is -2.14. The fourth-order valence-electron chi connectivity index (χ4n) is 2.04. The van der Waals surface area contributed by atoms with Crippen molar-refractivity contribution in [1.29, 1.82) is 0 Å². The molecule has 2 aromatic rings. The van der Waals surface area contributed by atoms with Crippen LogP contribution in [0.4, 0.5) is 0 Å². The minimum absolute atomic E-state index is 0.289. The molecule has 0 fully saturated rings. The molecule has 0 aliphatic heterocycles. The lowest BCUT2D eigenvalue weighted by Crippen LogP contribution is -2.19. The second-order valence-electron chi connectivity index (χ2n) is 4.76. The Morgan fingerprint density at radius 3 is 2.58 bits per heavy atom. The average Bonchev–Trinajstić information content (AvgIpc) is 2.77. The lowest BCUT2D eigenvalue weighted by atomic mass is 10.1. The van der Waals surface area contributed by atoms with E-state index in [1.165, 1.54) is 11.3 Å². The van der Waals surface area contributed by atoms with Gasteiger partial charge in [-0.25, -0.2) is 0 Å². The van der Waals surface area contributed by atoms with Gasteiger partial charge in [0, 0.05) is 24.7 Å². The molecule has 0 amide bonds. The van der Waals surface area contributed by atoms with Crippen molar-refractivity contribution in [2.24, 2.45) is 7.05 Å². The van der Waals surface area contributed by atoms with Gasteiger partial charge in [0.25, 0.3) is 0 Å². The van der Waals surface area contributed by atoms with E-state index in [0.29, 0.717) is 0 Å². The molecule has 0 aliphatic carbocycles. The first kappa shape index (κ1) is 14.1. The quantitative estimate of drug-likeness (QED) is 0.907. The van der Waals surface area contributed by atoms with Crippen molar-refractivity contribution in [3.8, 4) is 0 Å². The van der Waals surface area contributed by atoms with Gasteiger partial charge < -0.3 is 5.32 Å². The Morgan fingerprint density at radius 1 is 1.32 bits per heavy atom. The molecule has 2 rings (SSSR count). The first-order valence-electron chi connectivity index (χ1n) is 6.60. The minimum Gasteiger partial charge on any atom is -0.305 e. The maximum absolute atomic E-state index is 5.90. The van der Waals surface area contributed by atoms with Gasteiger partial charge in [0.05, 0.1) is 11.4 Å². The average molecular weight is 278 g/mol. The first-order chi connectivity index (χ1) is 9.10. The molecule has 1 aromatic heterocycles. The van der Waals surface area contributed by atoms with Crippen molar-refractivity contribution < 1.29 is 0 Å². The molecule has 1 N–H and O–H groups in total. The SMILES string of the molecule is CCc1cc(CN[C@@H](C)c2ccc(Cl)cc2)n(C)n1. The highest BCUT2D eigenvalue weighted by Crippen LogP contribution is 2.16. The summed E-state index contributed by atoms with van der Waals surface area (Å²) >= 11 is 5.90. The van der Waals surface area contributed by atoms with Crippen molar-refractivity contribution in [3.05, 3.63) is 52.3 Å². The van der Waals surface area contributed by atoms with Crippen LogP contribution in [0, 0.1) is 0 Å². The second kappa shape index (κ2) is 6.22. The van der Waals surface area contributed by atoms with Crippen LogP contribution in [0.5, 0.6) is 0 Å². The molecule has 0 saturated heterocycles. The molecule has 0 saturated carbocycles. The van der Waals surface area contributed by atoms with Gasteiger partial charge in [-0.05, 0) is 37.1 Å². The molecule has 1 atom stereocenters. The zero-order chi connectivity index (χ0) is 13.8. The zero-order valence-corrected chi connectivity index (χ0v) is 12.4.